The van der Waals surface area contributed by atoms with Crippen molar-refractivity contribution in [2.24, 2.45) is 0 Å². The summed E-state index contributed by atoms with van der Waals surface area (Å²) in [5, 5.41) is 0. The second kappa shape index (κ2) is 9.25. The SMILES string of the molecule is COC(=O)C(Cc1ccccc1)NS(=O)(=O)c1ccc(S(=O)(=O)N2CCCC2)cc1. The van der Waals surface area contributed by atoms with Crippen molar-refractivity contribution in [3.05, 3.63) is 60.2 Å². The lowest BCUT2D eigenvalue weighted by Gasteiger charge is -2.18. The molecule has 2 aromatic rings. The van der Waals surface area contributed by atoms with E-state index in [1.54, 1.807) is 24.3 Å². The number of nitrogens with one attached hydrogen (secondary N) is 1. The molecule has 0 radical (unpaired) electrons. The molecule has 1 aliphatic rings. The van der Waals surface area contributed by atoms with Crippen molar-refractivity contribution in [2.75, 3.05) is 20.2 Å². The van der Waals surface area contributed by atoms with Crippen LogP contribution in [0.25, 0.3) is 0 Å². The highest BCUT2D eigenvalue weighted by Gasteiger charge is 2.29. The van der Waals surface area contributed by atoms with Crippen LogP contribution in [0.5, 0.6) is 0 Å². The van der Waals surface area contributed by atoms with E-state index in [4.69, 9.17) is 4.74 Å². The maximum Gasteiger partial charge on any atom is 0.324 e. The fourth-order valence-electron chi connectivity index (χ4n) is 3.29. The molecule has 1 N–H and O–H groups in total. The van der Waals surface area contributed by atoms with Gasteiger partial charge in [0.05, 0.1) is 16.9 Å². The third-order valence-corrected chi connectivity index (χ3v) is 8.30. The second-order valence-corrected chi connectivity index (χ2v) is 10.6. The summed E-state index contributed by atoms with van der Waals surface area (Å²) in [5.74, 6) is -0.712. The molecule has 1 saturated heterocycles. The van der Waals surface area contributed by atoms with E-state index in [0.717, 1.165) is 18.4 Å². The molecule has 1 atom stereocenters. The van der Waals surface area contributed by atoms with Crippen LogP contribution in [0.1, 0.15) is 18.4 Å². The number of esters is 1. The Kier molecular flexibility index (Phi) is 6.91. The molecule has 162 valence electrons. The minimum atomic E-state index is -4.08. The van der Waals surface area contributed by atoms with Crippen LogP contribution in [-0.4, -0.2) is 53.4 Å². The van der Waals surface area contributed by atoms with Gasteiger partial charge in [0.25, 0.3) is 0 Å². The molecule has 0 amide bonds. The lowest BCUT2D eigenvalue weighted by Crippen LogP contribution is -2.43. The van der Waals surface area contributed by atoms with Crippen molar-refractivity contribution in [2.45, 2.75) is 35.1 Å². The first-order chi connectivity index (χ1) is 14.2. The number of rotatable bonds is 8. The van der Waals surface area contributed by atoms with Gasteiger partial charge in [-0.25, -0.2) is 16.8 Å². The predicted molar refractivity (Wildman–Crippen MR) is 111 cm³/mol. The monoisotopic (exact) mass is 452 g/mol. The van der Waals surface area contributed by atoms with Crippen molar-refractivity contribution >= 4 is 26.0 Å². The molecule has 1 unspecified atom stereocenters. The maximum absolute atomic E-state index is 12.8. The lowest BCUT2D eigenvalue weighted by molar-refractivity contribution is -0.142. The number of nitrogens with zero attached hydrogens (tertiary/aromatic N) is 1. The van der Waals surface area contributed by atoms with Crippen molar-refractivity contribution in [3.8, 4) is 0 Å². The van der Waals surface area contributed by atoms with E-state index >= 15 is 0 Å². The number of hydrogen-bond donors (Lipinski definition) is 1. The number of carbonyl (C=O) groups excluding carboxylic acids is 1. The van der Waals surface area contributed by atoms with Crippen LogP contribution in [0.4, 0.5) is 0 Å². The minimum absolute atomic E-state index is 0.0390. The molecule has 0 aliphatic carbocycles. The third kappa shape index (κ3) is 5.07. The molecular weight excluding hydrogens is 428 g/mol. The largest absolute Gasteiger partial charge is 0.468 e. The Bertz CT molecular complexity index is 1080. The molecule has 8 nitrogen and oxygen atoms in total. The molecule has 30 heavy (non-hydrogen) atoms. The Balaban J connectivity index is 1.80. The van der Waals surface area contributed by atoms with Gasteiger partial charge in [-0.05, 0) is 49.1 Å². The van der Waals surface area contributed by atoms with Gasteiger partial charge in [-0.1, -0.05) is 30.3 Å². The molecule has 0 bridgehead atoms. The van der Waals surface area contributed by atoms with Crippen molar-refractivity contribution in [1.29, 1.82) is 0 Å². The topological polar surface area (TPSA) is 110 Å². The molecule has 0 spiro atoms. The average molecular weight is 453 g/mol. The lowest BCUT2D eigenvalue weighted by atomic mass is 10.1. The van der Waals surface area contributed by atoms with Gasteiger partial charge in [-0.3, -0.25) is 4.79 Å². The number of sulfonamides is 2. The number of hydrogen-bond acceptors (Lipinski definition) is 6. The highest BCUT2D eigenvalue weighted by molar-refractivity contribution is 7.89. The summed E-state index contributed by atoms with van der Waals surface area (Å²) in [7, 11) is -6.53. The van der Waals surface area contributed by atoms with Crippen molar-refractivity contribution in [1.82, 2.24) is 9.03 Å². The molecule has 0 saturated carbocycles. The van der Waals surface area contributed by atoms with Crippen LogP contribution in [0, 0.1) is 0 Å². The zero-order chi connectivity index (χ0) is 21.8. The standard InChI is InChI=1S/C20H24N2O6S2/c1-28-20(23)19(15-16-7-3-2-4-8-16)21-29(24,25)17-9-11-18(12-10-17)30(26,27)22-13-5-6-14-22/h2-4,7-12,19,21H,5-6,13-15H2,1H3. The van der Waals surface area contributed by atoms with Gasteiger partial charge in [-0.2, -0.15) is 9.03 Å². The van der Waals surface area contributed by atoms with E-state index in [9.17, 15) is 21.6 Å². The van der Waals surface area contributed by atoms with Crippen LogP contribution >= 0.6 is 0 Å². The van der Waals surface area contributed by atoms with Gasteiger partial charge in [0.15, 0.2) is 0 Å². The predicted octanol–water partition coefficient (Wildman–Crippen LogP) is 1.53. The zero-order valence-corrected chi connectivity index (χ0v) is 18.2. The normalized spacial score (nSPS) is 16.3. The van der Waals surface area contributed by atoms with Crippen LogP contribution in [-0.2, 0) is 36.0 Å². The van der Waals surface area contributed by atoms with E-state index in [-0.39, 0.29) is 16.2 Å². The minimum Gasteiger partial charge on any atom is -0.468 e. The van der Waals surface area contributed by atoms with E-state index in [0.29, 0.717) is 13.1 Å². The highest BCUT2D eigenvalue weighted by atomic mass is 32.2. The number of carbonyl (C=O) groups is 1. The van der Waals surface area contributed by atoms with Crippen molar-refractivity contribution < 1.29 is 26.4 Å². The third-order valence-electron chi connectivity index (χ3n) is 4.90. The van der Waals surface area contributed by atoms with Gasteiger partial charge in [0, 0.05) is 13.1 Å². The summed E-state index contributed by atoms with van der Waals surface area (Å²) in [4.78, 5) is 12.0. The summed E-state index contributed by atoms with van der Waals surface area (Å²) in [6.07, 6.45) is 1.74. The fourth-order valence-corrected chi connectivity index (χ4v) is 5.99. The van der Waals surface area contributed by atoms with Crippen LogP contribution in [0.15, 0.2) is 64.4 Å². The molecular formula is C20H24N2O6S2. The Morgan fingerprint density at radius 3 is 2.10 bits per heavy atom. The van der Waals surface area contributed by atoms with E-state index in [1.807, 2.05) is 6.07 Å². The van der Waals surface area contributed by atoms with Gasteiger partial charge in [0.1, 0.15) is 6.04 Å². The first-order valence-electron chi connectivity index (χ1n) is 9.48. The van der Waals surface area contributed by atoms with Crippen LogP contribution in [0.3, 0.4) is 0 Å². The summed E-state index contributed by atoms with van der Waals surface area (Å²) < 4.78 is 59.3. The summed E-state index contributed by atoms with van der Waals surface area (Å²) in [5.41, 5.74) is 0.766. The molecule has 1 aliphatic heterocycles. The smallest absolute Gasteiger partial charge is 0.324 e. The Morgan fingerprint density at radius 2 is 1.53 bits per heavy atom. The molecule has 1 fully saturated rings. The van der Waals surface area contributed by atoms with E-state index in [2.05, 4.69) is 4.72 Å². The van der Waals surface area contributed by atoms with Gasteiger partial charge in [0.2, 0.25) is 20.0 Å². The number of benzene rings is 2. The van der Waals surface area contributed by atoms with Crippen molar-refractivity contribution in [3.63, 3.8) is 0 Å². The quantitative estimate of drug-likeness (QED) is 0.609. The van der Waals surface area contributed by atoms with Gasteiger partial charge in [-0.15, -0.1) is 0 Å². The molecule has 3 rings (SSSR count). The summed E-state index contributed by atoms with van der Waals surface area (Å²) in [6.45, 7) is 0.925. The summed E-state index contributed by atoms with van der Waals surface area (Å²) >= 11 is 0. The van der Waals surface area contributed by atoms with E-state index in [1.165, 1.54) is 35.7 Å². The van der Waals surface area contributed by atoms with Crippen LogP contribution in [0.2, 0.25) is 0 Å². The van der Waals surface area contributed by atoms with E-state index < -0.39 is 32.1 Å². The molecule has 1 heterocycles. The Labute approximate surface area is 177 Å². The summed E-state index contributed by atoms with van der Waals surface area (Å²) in [6, 6.07) is 12.8. The molecule has 0 aromatic heterocycles. The number of methoxy groups -OCH3 is 1. The van der Waals surface area contributed by atoms with Gasteiger partial charge >= 0.3 is 5.97 Å². The molecule has 10 heteroatoms. The highest BCUT2D eigenvalue weighted by Crippen LogP contribution is 2.22. The van der Waals surface area contributed by atoms with Gasteiger partial charge < -0.3 is 4.74 Å². The maximum atomic E-state index is 12.8. The molecule has 2 aromatic carbocycles. The first kappa shape index (κ1) is 22.4. The van der Waals surface area contributed by atoms with Crippen LogP contribution < -0.4 is 4.72 Å². The second-order valence-electron chi connectivity index (χ2n) is 6.97. The first-order valence-corrected chi connectivity index (χ1v) is 12.4. The Morgan fingerprint density at radius 1 is 0.967 bits per heavy atom. The zero-order valence-electron chi connectivity index (χ0n) is 16.5. The fraction of sp³-hybridized carbons (Fsp3) is 0.350. The Hall–Kier alpha value is -2.27. The average Bonchev–Trinajstić information content (AvgIpc) is 3.29. The number of ether oxygens (including phenoxy) is 1.